The van der Waals surface area contributed by atoms with Gasteiger partial charge in [0.15, 0.2) is 11.6 Å². The number of benzene rings is 2. The predicted molar refractivity (Wildman–Crippen MR) is 78.2 cm³/mol. The molecule has 0 aliphatic heterocycles. The van der Waals surface area contributed by atoms with Crippen molar-refractivity contribution in [3.63, 3.8) is 0 Å². The number of aromatic nitrogens is 1. The van der Waals surface area contributed by atoms with Crippen LogP contribution in [0.2, 0.25) is 0 Å². The molecular formula is C15H13FN2OS. The van der Waals surface area contributed by atoms with Crippen LogP contribution in [0.25, 0.3) is 10.2 Å². The average molecular weight is 288 g/mol. The van der Waals surface area contributed by atoms with E-state index in [1.54, 1.807) is 23.5 Å². The Morgan fingerprint density at radius 3 is 2.80 bits per heavy atom. The number of nitrogens with zero attached hydrogens (tertiary/aromatic N) is 1. The Labute approximate surface area is 119 Å². The number of para-hydroxylation sites is 1. The molecule has 0 saturated heterocycles. The molecule has 0 saturated carbocycles. The van der Waals surface area contributed by atoms with Gasteiger partial charge >= 0.3 is 0 Å². The SMILES string of the molecule is NCc1ccc(OCc2nc3ccccc3s2)c(F)c1. The van der Waals surface area contributed by atoms with E-state index in [2.05, 4.69) is 4.98 Å². The molecule has 1 heterocycles. The second kappa shape index (κ2) is 5.56. The Morgan fingerprint density at radius 1 is 1.20 bits per heavy atom. The van der Waals surface area contributed by atoms with Gasteiger partial charge in [-0.1, -0.05) is 18.2 Å². The highest BCUT2D eigenvalue weighted by molar-refractivity contribution is 7.18. The zero-order chi connectivity index (χ0) is 13.9. The van der Waals surface area contributed by atoms with E-state index in [0.717, 1.165) is 20.8 Å². The summed E-state index contributed by atoms with van der Waals surface area (Å²) in [5.41, 5.74) is 7.15. The maximum atomic E-state index is 13.7. The molecular weight excluding hydrogens is 275 g/mol. The first-order valence-corrected chi connectivity index (χ1v) is 7.03. The fourth-order valence-electron chi connectivity index (χ4n) is 1.91. The van der Waals surface area contributed by atoms with Crippen LogP contribution in [0.5, 0.6) is 5.75 Å². The summed E-state index contributed by atoms with van der Waals surface area (Å²) in [6.07, 6.45) is 0. The summed E-state index contributed by atoms with van der Waals surface area (Å²) in [5, 5.41) is 0.827. The lowest BCUT2D eigenvalue weighted by molar-refractivity contribution is 0.290. The van der Waals surface area contributed by atoms with Gasteiger partial charge < -0.3 is 10.5 Å². The molecule has 5 heteroatoms. The molecule has 0 amide bonds. The van der Waals surface area contributed by atoms with Crippen molar-refractivity contribution in [3.05, 3.63) is 58.9 Å². The van der Waals surface area contributed by atoms with E-state index in [4.69, 9.17) is 10.5 Å². The van der Waals surface area contributed by atoms with Crippen molar-refractivity contribution in [2.45, 2.75) is 13.2 Å². The van der Waals surface area contributed by atoms with Crippen LogP contribution in [-0.4, -0.2) is 4.98 Å². The summed E-state index contributed by atoms with van der Waals surface area (Å²) in [5.74, 6) is -0.171. The van der Waals surface area contributed by atoms with Crippen molar-refractivity contribution in [3.8, 4) is 5.75 Å². The zero-order valence-corrected chi connectivity index (χ0v) is 11.5. The van der Waals surface area contributed by atoms with Crippen molar-refractivity contribution >= 4 is 21.6 Å². The molecule has 1 aromatic heterocycles. The first kappa shape index (κ1) is 13.0. The molecule has 0 aliphatic rings. The lowest BCUT2D eigenvalue weighted by atomic mass is 10.2. The van der Waals surface area contributed by atoms with E-state index in [1.807, 2.05) is 24.3 Å². The first-order valence-electron chi connectivity index (χ1n) is 6.22. The van der Waals surface area contributed by atoms with Crippen LogP contribution in [0.3, 0.4) is 0 Å². The van der Waals surface area contributed by atoms with Gasteiger partial charge in [-0.3, -0.25) is 0 Å². The fraction of sp³-hybridized carbons (Fsp3) is 0.133. The molecule has 0 fully saturated rings. The minimum atomic E-state index is -0.394. The molecule has 102 valence electrons. The summed E-state index contributed by atoms with van der Waals surface area (Å²) in [4.78, 5) is 4.44. The van der Waals surface area contributed by atoms with Gasteiger partial charge in [-0.25, -0.2) is 9.37 Å². The number of nitrogens with two attached hydrogens (primary N) is 1. The monoisotopic (exact) mass is 288 g/mol. The summed E-state index contributed by atoms with van der Waals surface area (Å²) >= 11 is 1.55. The van der Waals surface area contributed by atoms with E-state index < -0.39 is 5.82 Å². The Hall–Kier alpha value is -1.98. The van der Waals surface area contributed by atoms with Crippen molar-refractivity contribution in [1.82, 2.24) is 4.98 Å². The summed E-state index contributed by atoms with van der Waals surface area (Å²) in [6, 6.07) is 12.6. The van der Waals surface area contributed by atoms with Gasteiger partial charge in [0.2, 0.25) is 0 Å². The van der Waals surface area contributed by atoms with Gasteiger partial charge in [-0.15, -0.1) is 11.3 Å². The minimum absolute atomic E-state index is 0.224. The van der Waals surface area contributed by atoms with E-state index in [9.17, 15) is 4.39 Å². The van der Waals surface area contributed by atoms with Crippen molar-refractivity contribution < 1.29 is 9.13 Å². The van der Waals surface area contributed by atoms with Crippen LogP contribution in [-0.2, 0) is 13.2 Å². The fourth-order valence-corrected chi connectivity index (χ4v) is 2.79. The molecule has 3 nitrogen and oxygen atoms in total. The topological polar surface area (TPSA) is 48.1 Å². The Balaban J connectivity index is 1.75. The Morgan fingerprint density at radius 2 is 2.05 bits per heavy atom. The van der Waals surface area contributed by atoms with E-state index >= 15 is 0 Å². The number of fused-ring (bicyclic) bond motifs is 1. The molecule has 3 rings (SSSR count). The number of halogens is 1. The highest BCUT2D eigenvalue weighted by Crippen LogP contribution is 2.24. The van der Waals surface area contributed by atoms with Crippen LogP contribution in [0.15, 0.2) is 42.5 Å². The maximum Gasteiger partial charge on any atom is 0.165 e. The van der Waals surface area contributed by atoms with Gasteiger partial charge in [0.05, 0.1) is 10.2 Å². The van der Waals surface area contributed by atoms with Crippen molar-refractivity contribution in [2.24, 2.45) is 5.73 Å². The summed E-state index contributed by atoms with van der Waals surface area (Å²) in [6.45, 7) is 0.577. The van der Waals surface area contributed by atoms with E-state index in [-0.39, 0.29) is 12.4 Å². The quantitative estimate of drug-likeness (QED) is 0.799. The maximum absolute atomic E-state index is 13.7. The third-order valence-corrected chi connectivity index (χ3v) is 3.93. The highest BCUT2D eigenvalue weighted by atomic mass is 32.1. The average Bonchev–Trinajstić information content (AvgIpc) is 2.88. The Bertz CT molecular complexity index is 709. The van der Waals surface area contributed by atoms with Crippen molar-refractivity contribution in [2.75, 3.05) is 0 Å². The minimum Gasteiger partial charge on any atom is -0.483 e. The molecule has 0 bridgehead atoms. The Kier molecular flexibility index (Phi) is 3.62. The van der Waals surface area contributed by atoms with Crippen LogP contribution in [0.4, 0.5) is 4.39 Å². The molecule has 0 spiro atoms. The second-order valence-electron chi connectivity index (χ2n) is 4.33. The van der Waals surface area contributed by atoms with Gasteiger partial charge in [0, 0.05) is 6.54 Å². The number of hydrogen-bond donors (Lipinski definition) is 1. The molecule has 0 unspecified atom stereocenters. The van der Waals surface area contributed by atoms with Crippen LogP contribution in [0.1, 0.15) is 10.6 Å². The van der Waals surface area contributed by atoms with Crippen LogP contribution in [0, 0.1) is 5.82 Å². The summed E-state index contributed by atoms with van der Waals surface area (Å²) < 4.78 is 20.3. The van der Waals surface area contributed by atoms with Gasteiger partial charge in [0.1, 0.15) is 11.6 Å². The summed E-state index contributed by atoms with van der Waals surface area (Å²) in [7, 11) is 0. The normalized spacial score (nSPS) is 10.9. The third-order valence-electron chi connectivity index (χ3n) is 2.92. The number of thiazole rings is 1. The van der Waals surface area contributed by atoms with Gasteiger partial charge in [-0.2, -0.15) is 0 Å². The number of rotatable bonds is 4. The second-order valence-corrected chi connectivity index (χ2v) is 5.45. The lowest BCUT2D eigenvalue weighted by Gasteiger charge is -2.06. The standard InChI is InChI=1S/C15H13FN2OS/c16-11-7-10(8-17)5-6-13(11)19-9-15-18-12-3-1-2-4-14(12)20-15/h1-7H,8-9,17H2. The van der Waals surface area contributed by atoms with Crippen LogP contribution < -0.4 is 10.5 Å². The molecule has 3 aromatic rings. The smallest absolute Gasteiger partial charge is 0.165 e. The van der Waals surface area contributed by atoms with Gasteiger partial charge in [-0.05, 0) is 29.8 Å². The predicted octanol–water partition coefficient (Wildman–Crippen LogP) is 3.47. The number of ether oxygens (including phenoxy) is 1. The molecule has 0 atom stereocenters. The van der Waals surface area contributed by atoms with E-state index in [0.29, 0.717) is 6.54 Å². The molecule has 20 heavy (non-hydrogen) atoms. The third kappa shape index (κ3) is 2.64. The highest BCUT2D eigenvalue weighted by Gasteiger charge is 2.07. The molecule has 0 radical (unpaired) electrons. The van der Waals surface area contributed by atoms with E-state index in [1.165, 1.54) is 6.07 Å². The lowest BCUT2D eigenvalue weighted by Crippen LogP contribution is -2.00. The zero-order valence-electron chi connectivity index (χ0n) is 10.7. The van der Waals surface area contributed by atoms with Crippen molar-refractivity contribution in [1.29, 1.82) is 0 Å². The van der Waals surface area contributed by atoms with Gasteiger partial charge in [0.25, 0.3) is 0 Å². The molecule has 2 N–H and O–H groups in total. The molecule has 2 aromatic carbocycles. The molecule has 0 aliphatic carbocycles. The largest absolute Gasteiger partial charge is 0.483 e. The number of hydrogen-bond acceptors (Lipinski definition) is 4. The first-order chi connectivity index (χ1) is 9.76. The van der Waals surface area contributed by atoms with Crippen LogP contribution >= 0.6 is 11.3 Å².